The van der Waals surface area contributed by atoms with Gasteiger partial charge in [0.1, 0.15) is 0 Å². The molecule has 2 aromatic rings. The van der Waals surface area contributed by atoms with Crippen LogP contribution in [0.2, 0.25) is 0 Å². The summed E-state index contributed by atoms with van der Waals surface area (Å²) in [7, 11) is 3.44. The lowest BCUT2D eigenvalue weighted by Crippen LogP contribution is -2.33. The van der Waals surface area contributed by atoms with E-state index in [1.54, 1.807) is 21.1 Å². The van der Waals surface area contributed by atoms with Gasteiger partial charge in [0, 0.05) is 25.7 Å². The zero-order chi connectivity index (χ0) is 22.6. The van der Waals surface area contributed by atoms with Gasteiger partial charge in [-0.2, -0.15) is 0 Å². The molecule has 1 N–H and O–H groups in total. The van der Waals surface area contributed by atoms with Crippen molar-refractivity contribution in [1.29, 1.82) is 0 Å². The molecule has 1 heterocycles. The summed E-state index contributed by atoms with van der Waals surface area (Å²) >= 11 is 0. The number of nitrogens with zero attached hydrogens (tertiary/aromatic N) is 1. The predicted octanol–water partition coefficient (Wildman–Crippen LogP) is 5.29. The first-order valence-corrected chi connectivity index (χ1v) is 11.8. The van der Waals surface area contributed by atoms with Crippen molar-refractivity contribution in [3.05, 3.63) is 53.6 Å². The summed E-state index contributed by atoms with van der Waals surface area (Å²) in [6, 6.07) is 14.5. The summed E-state index contributed by atoms with van der Waals surface area (Å²) in [4.78, 5) is 13.8. The molecule has 2 aromatic carbocycles. The number of nitrogens with one attached hydrogen (secondary N) is 1. The van der Waals surface area contributed by atoms with E-state index in [1.807, 2.05) is 18.2 Å². The number of para-hydroxylation sites is 1. The highest BCUT2D eigenvalue weighted by atomic mass is 16.5. The lowest BCUT2D eigenvalue weighted by Gasteiger charge is -2.38. The number of carbonyl (C=O) groups excluding carboxylic acids is 1. The first-order valence-electron chi connectivity index (χ1n) is 11.8. The van der Waals surface area contributed by atoms with E-state index in [0.717, 1.165) is 30.2 Å². The van der Waals surface area contributed by atoms with Crippen LogP contribution < -0.4 is 14.8 Å². The van der Waals surface area contributed by atoms with Gasteiger partial charge < -0.3 is 14.8 Å². The molecule has 1 amide bonds. The highest BCUT2D eigenvalue weighted by Crippen LogP contribution is 2.47. The molecule has 1 aliphatic carbocycles. The Morgan fingerprint density at radius 1 is 1.12 bits per heavy atom. The van der Waals surface area contributed by atoms with Gasteiger partial charge in [0.2, 0.25) is 5.91 Å². The minimum atomic E-state index is -0.0299. The number of amides is 1. The van der Waals surface area contributed by atoms with E-state index < -0.39 is 0 Å². The van der Waals surface area contributed by atoms with Crippen molar-refractivity contribution in [3.63, 3.8) is 0 Å². The smallest absolute Gasteiger partial charge is 0.221 e. The van der Waals surface area contributed by atoms with Gasteiger partial charge in [-0.3, -0.25) is 9.69 Å². The van der Waals surface area contributed by atoms with Crippen molar-refractivity contribution in [1.82, 2.24) is 4.90 Å². The average molecular weight is 437 g/mol. The fourth-order valence-corrected chi connectivity index (χ4v) is 5.87. The van der Waals surface area contributed by atoms with Crippen LogP contribution in [0.4, 0.5) is 5.69 Å². The molecule has 2 atom stereocenters. The normalized spacial score (nSPS) is 23.3. The van der Waals surface area contributed by atoms with Crippen LogP contribution >= 0.6 is 0 Å². The second-order valence-electron chi connectivity index (χ2n) is 9.66. The summed E-state index contributed by atoms with van der Waals surface area (Å²) in [6.07, 6.45) is 7.61. The molecule has 2 fully saturated rings. The molecule has 172 valence electrons. The molecule has 2 aliphatic rings. The third kappa shape index (κ3) is 5.26. The second kappa shape index (κ2) is 9.95. The maximum Gasteiger partial charge on any atom is 0.221 e. The van der Waals surface area contributed by atoms with Crippen LogP contribution in [0.1, 0.15) is 50.2 Å². The van der Waals surface area contributed by atoms with Gasteiger partial charge in [-0.05, 0) is 72.9 Å². The Morgan fingerprint density at radius 3 is 2.66 bits per heavy atom. The van der Waals surface area contributed by atoms with Gasteiger partial charge in [-0.1, -0.05) is 37.1 Å². The van der Waals surface area contributed by atoms with E-state index in [1.165, 1.54) is 56.3 Å². The summed E-state index contributed by atoms with van der Waals surface area (Å²) in [5, 5.41) is 2.84. The molecule has 0 bridgehead atoms. The molecule has 4 rings (SSSR count). The monoisotopic (exact) mass is 436 g/mol. The fourth-order valence-electron chi connectivity index (χ4n) is 5.87. The summed E-state index contributed by atoms with van der Waals surface area (Å²) in [5.74, 6) is 2.39. The van der Waals surface area contributed by atoms with Crippen LogP contribution in [0.5, 0.6) is 11.5 Å². The van der Waals surface area contributed by atoms with E-state index in [0.29, 0.717) is 11.3 Å². The number of likely N-dealkylation sites (tertiary alicyclic amines) is 1. The number of hydrogen-bond acceptors (Lipinski definition) is 4. The SMILES string of the molecule is COc1cccc(CC2CCCC3(CCN(Cc4ccc(NC(C)=O)cc4)C3)C2)c1OC. The van der Waals surface area contributed by atoms with Gasteiger partial charge in [0.05, 0.1) is 14.2 Å². The van der Waals surface area contributed by atoms with E-state index >= 15 is 0 Å². The third-order valence-electron chi connectivity index (χ3n) is 7.23. The standard InChI is InChI=1S/C27H36N2O3/c1-20(30)28-24-11-9-21(10-12-24)18-29-15-14-27(19-29)13-5-6-22(17-27)16-23-7-4-8-25(31-2)26(23)32-3/h4,7-12,22H,5-6,13-19H2,1-3H3,(H,28,30). The number of carbonyl (C=O) groups is 1. The third-order valence-corrected chi connectivity index (χ3v) is 7.23. The Bertz CT molecular complexity index is 927. The van der Waals surface area contributed by atoms with Gasteiger partial charge in [0.25, 0.3) is 0 Å². The lowest BCUT2D eigenvalue weighted by molar-refractivity contribution is -0.114. The van der Waals surface area contributed by atoms with Crippen LogP contribution in [0.15, 0.2) is 42.5 Å². The van der Waals surface area contributed by atoms with E-state index in [2.05, 4.69) is 34.5 Å². The van der Waals surface area contributed by atoms with E-state index in [4.69, 9.17) is 9.47 Å². The number of ether oxygens (including phenoxy) is 2. The topological polar surface area (TPSA) is 50.8 Å². The zero-order valence-corrected chi connectivity index (χ0v) is 19.7. The highest BCUT2D eigenvalue weighted by molar-refractivity contribution is 5.88. The first kappa shape index (κ1) is 22.7. The van der Waals surface area contributed by atoms with Crippen LogP contribution in [0, 0.1) is 11.3 Å². The maximum absolute atomic E-state index is 11.2. The quantitative estimate of drug-likeness (QED) is 0.641. The number of benzene rings is 2. The van der Waals surface area contributed by atoms with Gasteiger partial charge in [-0.15, -0.1) is 0 Å². The Morgan fingerprint density at radius 2 is 1.94 bits per heavy atom. The summed E-state index contributed by atoms with van der Waals surface area (Å²) < 4.78 is 11.2. The van der Waals surface area contributed by atoms with Crippen LogP contribution in [-0.4, -0.2) is 38.1 Å². The van der Waals surface area contributed by atoms with Crippen molar-refractivity contribution in [3.8, 4) is 11.5 Å². The Hall–Kier alpha value is -2.53. The molecular weight excluding hydrogens is 400 g/mol. The van der Waals surface area contributed by atoms with Crippen molar-refractivity contribution in [2.45, 2.75) is 52.0 Å². The molecule has 5 heteroatoms. The zero-order valence-electron chi connectivity index (χ0n) is 19.7. The summed E-state index contributed by atoms with van der Waals surface area (Å²) in [6.45, 7) is 4.88. The molecule has 1 aliphatic heterocycles. The Kier molecular flexibility index (Phi) is 7.04. The molecule has 0 radical (unpaired) electrons. The minimum absolute atomic E-state index is 0.0299. The van der Waals surface area contributed by atoms with Crippen LogP contribution in [0.25, 0.3) is 0 Å². The molecule has 1 saturated heterocycles. The van der Waals surface area contributed by atoms with Crippen molar-refractivity contribution >= 4 is 11.6 Å². The predicted molar refractivity (Wildman–Crippen MR) is 128 cm³/mol. The van der Waals surface area contributed by atoms with Crippen molar-refractivity contribution < 1.29 is 14.3 Å². The summed E-state index contributed by atoms with van der Waals surface area (Å²) in [5.41, 5.74) is 3.89. The fraction of sp³-hybridized carbons (Fsp3) is 0.519. The molecule has 0 aromatic heterocycles. The molecule has 1 spiro atoms. The minimum Gasteiger partial charge on any atom is -0.493 e. The van der Waals surface area contributed by atoms with Crippen molar-refractivity contribution in [2.24, 2.45) is 11.3 Å². The molecule has 2 unspecified atom stereocenters. The average Bonchev–Trinajstić information content (AvgIpc) is 3.15. The number of rotatable bonds is 7. The van der Waals surface area contributed by atoms with Gasteiger partial charge in [0.15, 0.2) is 11.5 Å². The van der Waals surface area contributed by atoms with Crippen LogP contribution in [-0.2, 0) is 17.8 Å². The number of methoxy groups -OCH3 is 2. The van der Waals surface area contributed by atoms with E-state index in [-0.39, 0.29) is 5.91 Å². The Labute approximate surface area is 192 Å². The van der Waals surface area contributed by atoms with Crippen molar-refractivity contribution in [2.75, 3.05) is 32.6 Å². The Balaban J connectivity index is 1.37. The second-order valence-corrected chi connectivity index (χ2v) is 9.66. The molecule has 1 saturated carbocycles. The molecule has 5 nitrogen and oxygen atoms in total. The highest BCUT2D eigenvalue weighted by Gasteiger charge is 2.41. The van der Waals surface area contributed by atoms with Gasteiger partial charge in [-0.25, -0.2) is 0 Å². The number of hydrogen-bond donors (Lipinski definition) is 1. The number of anilines is 1. The maximum atomic E-state index is 11.2. The molecular formula is C27H36N2O3. The first-order chi connectivity index (χ1) is 15.5. The van der Waals surface area contributed by atoms with Gasteiger partial charge >= 0.3 is 0 Å². The molecule has 32 heavy (non-hydrogen) atoms. The van der Waals surface area contributed by atoms with E-state index in [9.17, 15) is 4.79 Å². The lowest BCUT2D eigenvalue weighted by atomic mass is 9.68. The largest absolute Gasteiger partial charge is 0.493 e. The van der Waals surface area contributed by atoms with Crippen LogP contribution in [0.3, 0.4) is 0 Å².